The van der Waals surface area contributed by atoms with Crippen molar-refractivity contribution in [2.24, 2.45) is 0 Å². The number of nitrogens with two attached hydrogens (primary N) is 1. The molecule has 0 spiro atoms. The Balaban J connectivity index is 2.80. The molecule has 1 rings (SSSR count). The number of nitrogens with zero attached hydrogens (tertiary/aromatic N) is 1. The highest BCUT2D eigenvalue weighted by Gasteiger charge is 2.07. The normalized spacial score (nSPS) is 11.3. The van der Waals surface area contributed by atoms with Gasteiger partial charge in [0.15, 0.2) is 0 Å². The lowest BCUT2D eigenvalue weighted by molar-refractivity contribution is 0.266. The van der Waals surface area contributed by atoms with Gasteiger partial charge >= 0.3 is 0 Å². The second-order valence-electron chi connectivity index (χ2n) is 3.86. The quantitative estimate of drug-likeness (QED) is 0.781. The summed E-state index contributed by atoms with van der Waals surface area (Å²) in [6.45, 7) is 5.14. The molecule has 2 nitrogen and oxygen atoms in total. The van der Waals surface area contributed by atoms with Crippen LogP contribution in [0.5, 0.6) is 0 Å². The van der Waals surface area contributed by atoms with Gasteiger partial charge in [0.2, 0.25) is 0 Å². The average molecular weight is 213 g/mol. The van der Waals surface area contributed by atoms with Crippen molar-refractivity contribution in [3.63, 3.8) is 0 Å². The van der Waals surface area contributed by atoms with Gasteiger partial charge < -0.3 is 5.73 Å². The molecule has 0 fully saturated rings. The van der Waals surface area contributed by atoms with Crippen molar-refractivity contribution < 1.29 is 0 Å². The molecule has 0 aliphatic carbocycles. The molecule has 0 amide bonds. The van der Waals surface area contributed by atoms with E-state index in [1.54, 1.807) is 0 Å². The van der Waals surface area contributed by atoms with Gasteiger partial charge in [0.05, 0.1) is 0 Å². The molecule has 3 heteroatoms. The molecule has 0 radical (unpaired) electrons. The number of rotatable bonds is 3. The van der Waals surface area contributed by atoms with Gasteiger partial charge in [-0.25, -0.2) is 0 Å². The molecule has 0 unspecified atom stereocenters. The van der Waals surface area contributed by atoms with Crippen LogP contribution in [-0.4, -0.2) is 18.0 Å². The molecule has 0 saturated heterocycles. The Hall–Kier alpha value is -0.730. The Morgan fingerprint density at radius 3 is 2.64 bits per heavy atom. The van der Waals surface area contributed by atoms with Crippen molar-refractivity contribution >= 4 is 17.3 Å². The minimum absolute atomic E-state index is 0.507. The third-order valence-corrected chi connectivity index (χ3v) is 2.74. The molecule has 0 atom stereocenters. The highest BCUT2D eigenvalue weighted by molar-refractivity contribution is 6.31. The van der Waals surface area contributed by atoms with E-state index in [0.29, 0.717) is 6.04 Å². The Morgan fingerprint density at radius 2 is 2.07 bits per heavy atom. The maximum atomic E-state index is 6.06. The Labute approximate surface area is 90.7 Å². The largest absolute Gasteiger partial charge is 0.399 e. The van der Waals surface area contributed by atoms with Gasteiger partial charge in [0, 0.05) is 23.3 Å². The molecule has 2 N–H and O–H groups in total. The highest BCUT2D eigenvalue weighted by atomic mass is 35.5. The number of nitrogen functional groups attached to an aromatic ring is 1. The van der Waals surface area contributed by atoms with Crippen LogP contribution in [0, 0.1) is 0 Å². The zero-order valence-corrected chi connectivity index (χ0v) is 9.67. The van der Waals surface area contributed by atoms with Gasteiger partial charge in [-0.05, 0) is 44.7 Å². The monoisotopic (exact) mass is 212 g/mol. The number of hydrogen-bond acceptors (Lipinski definition) is 2. The first kappa shape index (κ1) is 11.3. The van der Waals surface area contributed by atoms with Crippen molar-refractivity contribution in [2.75, 3.05) is 12.8 Å². The molecule has 0 aliphatic rings. The van der Waals surface area contributed by atoms with Crippen LogP contribution in [0.2, 0.25) is 5.02 Å². The van der Waals surface area contributed by atoms with E-state index in [1.807, 2.05) is 18.2 Å². The summed E-state index contributed by atoms with van der Waals surface area (Å²) in [5.74, 6) is 0. The summed E-state index contributed by atoms with van der Waals surface area (Å²) in [6.07, 6.45) is 0. The van der Waals surface area contributed by atoms with E-state index in [1.165, 1.54) is 0 Å². The molecule has 14 heavy (non-hydrogen) atoms. The van der Waals surface area contributed by atoms with Crippen LogP contribution in [0.4, 0.5) is 5.69 Å². The standard InChI is InChI=1S/C11H17ClN2/c1-8(2)14(3)7-9-6-10(13)4-5-11(9)12/h4-6,8H,7,13H2,1-3H3. The van der Waals surface area contributed by atoms with Crippen molar-refractivity contribution in [1.82, 2.24) is 4.90 Å². The summed E-state index contributed by atoms with van der Waals surface area (Å²) in [7, 11) is 2.07. The minimum Gasteiger partial charge on any atom is -0.399 e. The van der Waals surface area contributed by atoms with Gasteiger partial charge in [-0.15, -0.1) is 0 Å². The summed E-state index contributed by atoms with van der Waals surface area (Å²) in [5, 5.41) is 0.784. The Morgan fingerprint density at radius 1 is 1.43 bits per heavy atom. The van der Waals surface area contributed by atoms with Crippen LogP contribution in [0.15, 0.2) is 18.2 Å². The fourth-order valence-electron chi connectivity index (χ4n) is 1.17. The van der Waals surface area contributed by atoms with Gasteiger partial charge in [0.25, 0.3) is 0 Å². The fourth-order valence-corrected chi connectivity index (χ4v) is 1.34. The lowest BCUT2D eigenvalue weighted by atomic mass is 10.2. The number of anilines is 1. The van der Waals surface area contributed by atoms with Crippen LogP contribution in [0.1, 0.15) is 19.4 Å². The zero-order chi connectivity index (χ0) is 10.7. The van der Waals surface area contributed by atoms with E-state index in [9.17, 15) is 0 Å². The van der Waals surface area contributed by atoms with Crippen LogP contribution >= 0.6 is 11.6 Å². The van der Waals surface area contributed by atoms with Crippen LogP contribution < -0.4 is 5.73 Å². The molecule has 0 saturated carbocycles. The van der Waals surface area contributed by atoms with Gasteiger partial charge in [0.1, 0.15) is 0 Å². The summed E-state index contributed by atoms with van der Waals surface area (Å²) >= 11 is 6.06. The van der Waals surface area contributed by atoms with E-state index >= 15 is 0 Å². The highest BCUT2D eigenvalue weighted by Crippen LogP contribution is 2.20. The summed E-state index contributed by atoms with van der Waals surface area (Å²) in [4.78, 5) is 2.22. The van der Waals surface area contributed by atoms with E-state index in [-0.39, 0.29) is 0 Å². The SMILES string of the molecule is CC(C)N(C)Cc1cc(N)ccc1Cl. The Bertz CT molecular complexity index is 310. The fraction of sp³-hybridized carbons (Fsp3) is 0.455. The molecule has 0 aliphatic heterocycles. The van der Waals surface area contributed by atoms with E-state index in [2.05, 4.69) is 25.8 Å². The van der Waals surface area contributed by atoms with E-state index in [4.69, 9.17) is 17.3 Å². The van der Waals surface area contributed by atoms with Crippen LogP contribution in [0.3, 0.4) is 0 Å². The molecular formula is C11H17ClN2. The summed E-state index contributed by atoms with van der Waals surface area (Å²) < 4.78 is 0. The van der Waals surface area contributed by atoms with Crippen LogP contribution in [-0.2, 0) is 6.54 Å². The van der Waals surface area contributed by atoms with Gasteiger partial charge in [-0.3, -0.25) is 4.90 Å². The third-order valence-electron chi connectivity index (χ3n) is 2.37. The Kier molecular flexibility index (Phi) is 3.78. The molecule has 1 aromatic carbocycles. The van der Waals surface area contributed by atoms with Crippen molar-refractivity contribution in [3.8, 4) is 0 Å². The van der Waals surface area contributed by atoms with Crippen molar-refractivity contribution in [1.29, 1.82) is 0 Å². The van der Waals surface area contributed by atoms with Crippen molar-refractivity contribution in [3.05, 3.63) is 28.8 Å². The van der Waals surface area contributed by atoms with Crippen LogP contribution in [0.25, 0.3) is 0 Å². The van der Waals surface area contributed by atoms with Crippen molar-refractivity contribution in [2.45, 2.75) is 26.4 Å². The lowest BCUT2D eigenvalue weighted by Crippen LogP contribution is -2.25. The lowest BCUT2D eigenvalue weighted by Gasteiger charge is -2.21. The first-order chi connectivity index (χ1) is 6.50. The first-order valence-electron chi connectivity index (χ1n) is 4.75. The first-order valence-corrected chi connectivity index (χ1v) is 5.12. The second-order valence-corrected chi connectivity index (χ2v) is 4.27. The molecule has 0 heterocycles. The number of benzene rings is 1. The molecule has 1 aromatic rings. The second kappa shape index (κ2) is 4.67. The van der Waals surface area contributed by atoms with E-state index in [0.717, 1.165) is 22.8 Å². The maximum absolute atomic E-state index is 6.06. The third kappa shape index (κ3) is 2.89. The smallest absolute Gasteiger partial charge is 0.0452 e. The molecule has 78 valence electrons. The number of halogens is 1. The van der Waals surface area contributed by atoms with E-state index < -0.39 is 0 Å². The predicted octanol–water partition coefficient (Wildman–Crippen LogP) is 2.76. The van der Waals surface area contributed by atoms with Gasteiger partial charge in [-0.1, -0.05) is 11.6 Å². The maximum Gasteiger partial charge on any atom is 0.0452 e. The average Bonchev–Trinajstić information content (AvgIpc) is 2.11. The molecule has 0 bridgehead atoms. The molecule has 0 aromatic heterocycles. The zero-order valence-electron chi connectivity index (χ0n) is 8.92. The van der Waals surface area contributed by atoms with Gasteiger partial charge in [-0.2, -0.15) is 0 Å². The number of hydrogen-bond donors (Lipinski definition) is 1. The predicted molar refractivity (Wildman–Crippen MR) is 62.5 cm³/mol. The summed E-state index contributed by atoms with van der Waals surface area (Å²) in [6, 6.07) is 6.11. The topological polar surface area (TPSA) is 29.3 Å². The summed E-state index contributed by atoms with van der Waals surface area (Å²) in [5.41, 5.74) is 7.55. The molecular weight excluding hydrogens is 196 g/mol. The minimum atomic E-state index is 0.507.